The van der Waals surface area contributed by atoms with Crippen LogP contribution in [0.4, 0.5) is 5.69 Å². The third-order valence-corrected chi connectivity index (χ3v) is 4.30. The number of carbonyl (C=O) groups is 1. The molecule has 0 saturated carbocycles. The molecule has 0 aliphatic rings. The van der Waals surface area contributed by atoms with E-state index in [0.29, 0.717) is 0 Å². The van der Waals surface area contributed by atoms with Gasteiger partial charge in [-0.15, -0.1) is 11.3 Å². The van der Waals surface area contributed by atoms with E-state index in [1.54, 1.807) is 0 Å². The molecular formula is C17H17N3O2S. The Morgan fingerprint density at radius 1 is 1.30 bits per heavy atom. The smallest absolute Gasteiger partial charge is 0.231 e. The Balaban J connectivity index is 1.71. The number of aryl methyl sites for hydroxylation is 3. The Kier molecular flexibility index (Phi) is 4.25. The number of anilines is 1. The van der Waals surface area contributed by atoms with Crippen LogP contribution in [-0.4, -0.2) is 16.0 Å². The van der Waals surface area contributed by atoms with E-state index in [-0.39, 0.29) is 12.3 Å². The van der Waals surface area contributed by atoms with Gasteiger partial charge in [-0.2, -0.15) is 0 Å². The van der Waals surface area contributed by atoms with Crippen molar-refractivity contribution in [3.8, 4) is 11.3 Å². The summed E-state index contributed by atoms with van der Waals surface area (Å²) in [6.07, 6.45) is 0.252. The monoisotopic (exact) mass is 327 g/mol. The van der Waals surface area contributed by atoms with Crippen LogP contribution in [0.3, 0.4) is 0 Å². The minimum atomic E-state index is -0.0738. The van der Waals surface area contributed by atoms with Crippen LogP contribution in [0.25, 0.3) is 11.3 Å². The molecule has 0 atom stereocenters. The lowest BCUT2D eigenvalue weighted by Gasteiger charge is -2.04. The minimum Gasteiger partial charge on any atom is -0.361 e. The molecule has 0 bridgehead atoms. The van der Waals surface area contributed by atoms with Crippen LogP contribution in [0.2, 0.25) is 0 Å². The van der Waals surface area contributed by atoms with Gasteiger partial charge >= 0.3 is 0 Å². The molecule has 1 amide bonds. The first-order valence-electron chi connectivity index (χ1n) is 7.27. The van der Waals surface area contributed by atoms with Crippen LogP contribution in [0, 0.1) is 20.8 Å². The van der Waals surface area contributed by atoms with Gasteiger partial charge in [0, 0.05) is 11.1 Å². The third kappa shape index (κ3) is 3.48. The van der Waals surface area contributed by atoms with Gasteiger partial charge < -0.3 is 9.84 Å². The predicted octanol–water partition coefficient (Wildman–Crippen LogP) is 3.90. The highest BCUT2D eigenvalue weighted by atomic mass is 32.1. The van der Waals surface area contributed by atoms with Crippen LogP contribution in [-0.2, 0) is 11.2 Å². The Morgan fingerprint density at radius 2 is 2.13 bits per heavy atom. The van der Waals surface area contributed by atoms with E-state index in [2.05, 4.69) is 15.5 Å². The Bertz CT molecular complexity index is 832. The highest BCUT2D eigenvalue weighted by Crippen LogP contribution is 2.28. The third-order valence-electron chi connectivity index (χ3n) is 3.45. The van der Waals surface area contributed by atoms with Crippen molar-refractivity contribution >= 4 is 22.9 Å². The average Bonchev–Trinajstić information content (AvgIpc) is 3.05. The van der Waals surface area contributed by atoms with Gasteiger partial charge in [0.1, 0.15) is 10.8 Å². The van der Waals surface area contributed by atoms with Crippen LogP contribution in [0.5, 0.6) is 0 Å². The van der Waals surface area contributed by atoms with Gasteiger partial charge in [-0.1, -0.05) is 17.3 Å². The van der Waals surface area contributed by atoms with Crippen molar-refractivity contribution in [2.75, 3.05) is 5.32 Å². The van der Waals surface area contributed by atoms with Gasteiger partial charge in [-0.25, -0.2) is 4.98 Å². The van der Waals surface area contributed by atoms with Gasteiger partial charge in [0.15, 0.2) is 0 Å². The van der Waals surface area contributed by atoms with E-state index in [4.69, 9.17) is 4.52 Å². The zero-order valence-electron chi connectivity index (χ0n) is 13.2. The zero-order chi connectivity index (χ0) is 16.4. The number of nitrogens with zero attached hydrogens (tertiary/aromatic N) is 2. The summed E-state index contributed by atoms with van der Waals surface area (Å²) >= 11 is 1.47. The lowest BCUT2D eigenvalue weighted by atomic mass is 10.1. The summed E-state index contributed by atoms with van der Waals surface area (Å²) in [4.78, 5) is 16.7. The molecule has 5 nitrogen and oxygen atoms in total. The molecule has 2 aromatic heterocycles. The van der Waals surface area contributed by atoms with Gasteiger partial charge in [0.2, 0.25) is 5.91 Å². The second-order valence-corrected chi connectivity index (χ2v) is 6.36. The summed E-state index contributed by atoms with van der Waals surface area (Å²) in [6.45, 7) is 5.74. The number of nitrogens with one attached hydrogen (secondary N) is 1. The fourth-order valence-corrected chi connectivity index (χ4v) is 3.20. The topological polar surface area (TPSA) is 68.0 Å². The largest absolute Gasteiger partial charge is 0.361 e. The highest BCUT2D eigenvalue weighted by Gasteiger charge is 2.16. The second-order valence-electron chi connectivity index (χ2n) is 5.42. The maximum Gasteiger partial charge on any atom is 0.231 e. The van der Waals surface area contributed by atoms with E-state index in [0.717, 1.165) is 39.0 Å². The molecule has 2 heterocycles. The van der Waals surface area contributed by atoms with E-state index < -0.39 is 0 Å². The minimum absolute atomic E-state index is 0.0738. The van der Waals surface area contributed by atoms with Gasteiger partial charge in [0.25, 0.3) is 0 Å². The number of hydrogen-bond donors (Lipinski definition) is 1. The quantitative estimate of drug-likeness (QED) is 0.789. The van der Waals surface area contributed by atoms with Gasteiger partial charge in [-0.3, -0.25) is 4.79 Å². The van der Waals surface area contributed by atoms with Crippen LogP contribution in [0.1, 0.15) is 22.0 Å². The van der Waals surface area contributed by atoms with E-state index in [9.17, 15) is 4.79 Å². The Morgan fingerprint density at radius 3 is 2.83 bits per heavy atom. The van der Waals surface area contributed by atoms with Crippen molar-refractivity contribution in [3.63, 3.8) is 0 Å². The first-order valence-corrected chi connectivity index (χ1v) is 8.15. The fraction of sp³-hybridized carbons (Fsp3) is 0.235. The van der Waals surface area contributed by atoms with Crippen molar-refractivity contribution in [2.24, 2.45) is 0 Å². The van der Waals surface area contributed by atoms with Crippen molar-refractivity contribution in [1.82, 2.24) is 10.1 Å². The molecule has 0 saturated heterocycles. The standard InChI is InChI=1S/C17H17N3O2S/c1-10-5-4-6-13(7-10)18-15(21)8-16-19-14(9-23-16)17-11(2)20-22-12(17)3/h4-7,9H,8H2,1-3H3,(H,18,21). The molecule has 23 heavy (non-hydrogen) atoms. The molecule has 0 aliphatic heterocycles. The van der Waals surface area contributed by atoms with E-state index in [1.807, 2.05) is 50.4 Å². The van der Waals surface area contributed by atoms with Gasteiger partial charge in [-0.05, 0) is 38.5 Å². The van der Waals surface area contributed by atoms with Crippen LogP contribution < -0.4 is 5.32 Å². The first-order chi connectivity index (χ1) is 11.0. The predicted molar refractivity (Wildman–Crippen MR) is 90.6 cm³/mol. The molecule has 0 fully saturated rings. The zero-order valence-corrected chi connectivity index (χ0v) is 14.0. The molecule has 3 rings (SSSR count). The maximum absolute atomic E-state index is 12.1. The molecule has 118 valence electrons. The average molecular weight is 327 g/mol. The SMILES string of the molecule is Cc1cccc(NC(=O)Cc2nc(-c3c(C)noc3C)cs2)c1. The van der Waals surface area contributed by atoms with Crippen molar-refractivity contribution < 1.29 is 9.32 Å². The normalized spacial score (nSPS) is 10.7. The first kappa shape index (κ1) is 15.4. The van der Waals surface area contributed by atoms with Crippen molar-refractivity contribution in [3.05, 3.63) is 51.7 Å². The Labute approximate surface area is 138 Å². The number of amides is 1. The molecule has 0 unspecified atom stereocenters. The molecule has 1 aromatic carbocycles. The molecule has 1 N–H and O–H groups in total. The van der Waals surface area contributed by atoms with E-state index >= 15 is 0 Å². The summed E-state index contributed by atoms with van der Waals surface area (Å²) < 4.78 is 5.17. The molecule has 0 radical (unpaired) electrons. The Hall–Kier alpha value is -2.47. The molecule has 0 aliphatic carbocycles. The maximum atomic E-state index is 12.1. The molecule has 0 spiro atoms. The lowest BCUT2D eigenvalue weighted by molar-refractivity contribution is -0.115. The molecule has 3 aromatic rings. The van der Waals surface area contributed by atoms with Crippen molar-refractivity contribution in [2.45, 2.75) is 27.2 Å². The van der Waals surface area contributed by atoms with Crippen LogP contribution >= 0.6 is 11.3 Å². The van der Waals surface area contributed by atoms with Gasteiger partial charge in [0.05, 0.1) is 23.4 Å². The number of benzene rings is 1. The summed E-state index contributed by atoms with van der Waals surface area (Å²) in [6, 6.07) is 7.73. The van der Waals surface area contributed by atoms with Crippen LogP contribution in [0.15, 0.2) is 34.2 Å². The van der Waals surface area contributed by atoms with E-state index in [1.165, 1.54) is 11.3 Å². The number of hydrogen-bond acceptors (Lipinski definition) is 5. The lowest BCUT2D eigenvalue weighted by Crippen LogP contribution is -2.14. The number of rotatable bonds is 4. The fourth-order valence-electron chi connectivity index (χ4n) is 2.42. The number of aromatic nitrogens is 2. The van der Waals surface area contributed by atoms with Crippen molar-refractivity contribution in [1.29, 1.82) is 0 Å². The number of carbonyl (C=O) groups excluding carboxylic acids is 1. The second kappa shape index (κ2) is 6.34. The summed E-state index contributed by atoms with van der Waals surface area (Å²) in [7, 11) is 0. The summed E-state index contributed by atoms with van der Waals surface area (Å²) in [5, 5.41) is 9.53. The summed E-state index contributed by atoms with van der Waals surface area (Å²) in [5.74, 6) is 0.666. The summed E-state index contributed by atoms with van der Waals surface area (Å²) in [5.41, 5.74) is 4.44. The highest BCUT2D eigenvalue weighted by molar-refractivity contribution is 7.10. The molecule has 6 heteroatoms. The number of thiazole rings is 1. The molecular weight excluding hydrogens is 310 g/mol.